The molecule has 15 heavy (non-hydrogen) atoms. The Morgan fingerprint density at radius 2 is 1.67 bits per heavy atom. The molecule has 1 N–H and O–H groups in total. The summed E-state index contributed by atoms with van der Waals surface area (Å²) in [7, 11) is 1.77. The molecule has 2 heteroatoms. The molecule has 0 saturated carbocycles. The number of hydrogen-bond donors (Lipinski definition) is 1. The first-order valence-corrected chi connectivity index (χ1v) is 5.93. The Hall–Kier alpha value is -0.0800. The zero-order valence-corrected chi connectivity index (χ0v) is 11.6. The van der Waals surface area contributed by atoms with Crippen LogP contribution in [0.25, 0.3) is 0 Å². The van der Waals surface area contributed by atoms with Crippen molar-refractivity contribution < 1.29 is 4.74 Å². The van der Waals surface area contributed by atoms with Crippen LogP contribution in [0.1, 0.15) is 48.0 Å². The number of rotatable bonds is 6. The van der Waals surface area contributed by atoms with Gasteiger partial charge in [-0.25, -0.2) is 0 Å². The van der Waals surface area contributed by atoms with Gasteiger partial charge < -0.3 is 10.1 Å². The van der Waals surface area contributed by atoms with Crippen LogP contribution in [0.4, 0.5) is 0 Å². The summed E-state index contributed by atoms with van der Waals surface area (Å²) < 4.78 is 5.13. The first kappa shape index (κ1) is 14.9. The normalized spacial score (nSPS) is 15.4. The Kier molecular flexibility index (Phi) is 5.82. The first-order valence-electron chi connectivity index (χ1n) is 5.93. The van der Waals surface area contributed by atoms with Gasteiger partial charge in [0.25, 0.3) is 0 Å². The molecule has 0 spiro atoms. The van der Waals surface area contributed by atoms with E-state index in [2.05, 4.69) is 46.9 Å². The number of hydrogen-bond acceptors (Lipinski definition) is 2. The molecule has 0 heterocycles. The first-order chi connectivity index (χ1) is 6.69. The van der Waals surface area contributed by atoms with Crippen molar-refractivity contribution in [3.63, 3.8) is 0 Å². The highest BCUT2D eigenvalue weighted by Gasteiger charge is 2.26. The molecule has 0 aromatic heterocycles. The van der Waals surface area contributed by atoms with E-state index in [0.717, 1.165) is 19.6 Å². The summed E-state index contributed by atoms with van der Waals surface area (Å²) in [6, 6.07) is 0. The molecule has 2 nitrogen and oxygen atoms in total. The van der Waals surface area contributed by atoms with Crippen LogP contribution in [0.3, 0.4) is 0 Å². The second-order valence-electron chi connectivity index (χ2n) is 6.27. The second kappa shape index (κ2) is 5.86. The number of nitrogens with one attached hydrogen (secondary N) is 1. The van der Waals surface area contributed by atoms with Crippen molar-refractivity contribution >= 4 is 0 Å². The molecule has 0 rings (SSSR count). The lowest BCUT2D eigenvalue weighted by Crippen LogP contribution is -2.44. The van der Waals surface area contributed by atoms with Crippen molar-refractivity contribution in [3.05, 3.63) is 0 Å². The number of ether oxygens (including phenoxy) is 1. The average Bonchev–Trinajstić information content (AvgIpc) is 2.10. The zero-order valence-electron chi connectivity index (χ0n) is 11.6. The van der Waals surface area contributed by atoms with Crippen LogP contribution in [0.2, 0.25) is 0 Å². The lowest BCUT2D eigenvalue weighted by atomic mass is 9.78. The van der Waals surface area contributed by atoms with Crippen molar-refractivity contribution in [2.75, 3.05) is 20.3 Å². The Morgan fingerprint density at radius 3 is 2.07 bits per heavy atom. The van der Waals surface area contributed by atoms with Crippen LogP contribution < -0.4 is 5.32 Å². The van der Waals surface area contributed by atoms with Crippen molar-refractivity contribution in [1.29, 1.82) is 0 Å². The Labute approximate surface area is 95.8 Å². The summed E-state index contributed by atoms with van der Waals surface area (Å²) in [5.41, 5.74) is 0.532. The largest absolute Gasteiger partial charge is 0.385 e. The van der Waals surface area contributed by atoms with Crippen LogP contribution in [-0.2, 0) is 4.74 Å². The van der Waals surface area contributed by atoms with E-state index in [-0.39, 0.29) is 5.54 Å². The van der Waals surface area contributed by atoms with Crippen molar-refractivity contribution in [1.82, 2.24) is 5.32 Å². The molecule has 1 unspecified atom stereocenters. The van der Waals surface area contributed by atoms with Gasteiger partial charge in [0.1, 0.15) is 0 Å². The van der Waals surface area contributed by atoms with Gasteiger partial charge in [-0.05, 0) is 38.5 Å². The molecule has 1 atom stereocenters. The van der Waals surface area contributed by atoms with E-state index in [0.29, 0.717) is 11.3 Å². The van der Waals surface area contributed by atoms with Gasteiger partial charge in [-0.2, -0.15) is 0 Å². The van der Waals surface area contributed by atoms with E-state index in [1.54, 1.807) is 7.11 Å². The summed E-state index contributed by atoms with van der Waals surface area (Å²) in [6.45, 7) is 15.5. The van der Waals surface area contributed by atoms with Gasteiger partial charge >= 0.3 is 0 Å². The predicted octanol–water partition coefficient (Wildman–Crippen LogP) is 3.07. The topological polar surface area (TPSA) is 21.3 Å². The highest BCUT2D eigenvalue weighted by Crippen LogP contribution is 2.28. The second-order valence-corrected chi connectivity index (χ2v) is 6.27. The van der Waals surface area contributed by atoms with E-state index < -0.39 is 0 Å². The minimum absolute atomic E-state index is 0.207. The molecule has 0 aliphatic carbocycles. The maximum absolute atomic E-state index is 5.13. The molecule has 0 fully saturated rings. The van der Waals surface area contributed by atoms with E-state index in [4.69, 9.17) is 4.74 Å². The van der Waals surface area contributed by atoms with Gasteiger partial charge in [0, 0.05) is 25.8 Å². The predicted molar refractivity (Wildman–Crippen MR) is 67.2 cm³/mol. The number of methoxy groups -OCH3 is 1. The van der Waals surface area contributed by atoms with E-state index in [9.17, 15) is 0 Å². The fourth-order valence-corrected chi connectivity index (χ4v) is 1.35. The maximum Gasteiger partial charge on any atom is 0.0465 e. The zero-order chi connectivity index (χ0) is 12.1. The summed E-state index contributed by atoms with van der Waals surface area (Å²) in [5, 5.41) is 3.58. The van der Waals surface area contributed by atoms with Gasteiger partial charge in [0.2, 0.25) is 0 Å². The summed E-state index contributed by atoms with van der Waals surface area (Å²) in [5.74, 6) is 0.673. The van der Waals surface area contributed by atoms with Gasteiger partial charge in [0.15, 0.2) is 0 Å². The SMILES string of the molecule is COCCC(C)C(C)(C)CNC(C)(C)C. The lowest BCUT2D eigenvalue weighted by Gasteiger charge is -2.35. The maximum atomic E-state index is 5.13. The van der Waals surface area contributed by atoms with Gasteiger partial charge in [-0.3, -0.25) is 0 Å². The van der Waals surface area contributed by atoms with Crippen LogP contribution in [0, 0.1) is 11.3 Å². The fourth-order valence-electron chi connectivity index (χ4n) is 1.35. The van der Waals surface area contributed by atoms with E-state index in [1.165, 1.54) is 0 Å². The molecule has 0 amide bonds. The summed E-state index contributed by atoms with van der Waals surface area (Å²) in [6.07, 6.45) is 1.13. The van der Waals surface area contributed by atoms with Crippen LogP contribution in [0.15, 0.2) is 0 Å². The molecule has 0 bridgehead atoms. The Bertz CT molecular complexity index is 170. The molecule has 0 aliphatic rings. The van der Waals surface area contributed by atoms with Gasteiger partial charge in [-0.1, -0.05) is 20.8 Å². The Balaban J connectivity index is 4.04. The fraction of sp³-hybridized carbons (Fsp3) is 1.00. The summed E-state index contributed by atoms with van der Waals surface area (Å²) in [4.78, 5) is 0. The molecule has 0 aromatic rings. The highest BCUT2D eigenvalue weighted by atomic mass is 16.5. The average molecular weight is 215 g/mol. The third kappa shape index (κ3) is 6.91. The highest BCUT2D eigenvalue weighted by molar-refractivity contribution is 4.81. The van der Waals surface area contributed by atoms with Gasteiger partial charge in [0.05, 0.1) is 0 Å². The summed E-state index contributed by atoms with van der Waals surface area (Å²) >= 11 is 0. The molecule has 0 aromatic carbocycles. The molecule has 0 aliphatic heterocycles. The molecule has 0 radical (unpaired) electrons. The Morgan fingerprint density at radius 1 is 1.13 bits per heavy atom. The monoisotopic (exact) mass is 215 g/mol. The third-order valence-corrected chi connectivity index (χ3v) is 3.16. The molecule has 92 valence electrons. The smallest absolute Gasteiger partial charge is 0.0465 e. The van der Waals surface area contributed by atoms with Crippen molar-refractivity contribution in [2.24, 2.45) is 11.3 Å². The van der Waals surface area contributed by atoms with Crippen LogP contribution >= 0.6 is 0 Å². The van der Waals surface area contributed by atoms with Gasteiger partial charge in [-0.15, -0.1) is 0 Å². The quantitative estimate of drug-likeness (QED) is 0.735. The molecule has 0 saturated heterocycles. The minimum Gasteiger partial charge on any atom is -0.385 e. The van der Waals surface area contributed by atoms with E-state index in [1.807, 2.05) is 0 Å². The molecular formula is C13H29NO. The molecular weight excluding hydrogens is 186 g/mol. The van der Waals surface area contributed by atoms with Crippen molar-refractivity contribution in [3.8, 4) is 0 Å². The van der Waals surface area contributed by atoms with E-state index >= 15 is 0 Å². The lowest BCUT2D eigenvalue weighted by molar-refractivity contribution is 0.129. The minimum atomic E-state index is 0.207. The third-order valence-electron chi connectivity index (χ3n) is 3.16. The van der Waals surface area contributed by atoms with Crippen molar-refractivity contribution in [2.45, 2.75) is 53.5 Å². The van der Waals surface area contributed by atoms with Crippen LogP contribution in [0.5, 0.6) is 0 Å². The van der Waals surface area contributed by atoms with Crippen LogP contribution in [-0.4, -0.2) is 25.8 Å². The standard InChI is InChI=1S/C13H29NO/c1-11(8-9-15-7)13(5,6)10-14-12(2,3)4/h11,14H,8-10H2,1-7H3.